The number of carboxylic acids is 1. The summed E-state index contributed by atoms with van der Waals surface area (Å²) >= 11 is 0. The average molecular weight is 143 g/mol. The molecule has 0 heterocycles. The van der Waals surface area contributed by atoms with Crippen LogP contribution in [0.5, 0.6) is 0 Å². The second-order valence-electron chi connectivity index (χ2n) is 1.85. The van der Waals surface area contributed by atoms with Gasteiger partial charge in [-0.3, -0.25) is 9.59 Å². The molecule has 56 valence electrons. The Morgan fingerprint density at radius 3 is 2.60 bits per heavy atom. The van der Waals surface area contributed by atoms with E-state index in [2.05, 4.69) is 11.9 Å². The van der Waals surface area contributed by atoms with E-state index in [9.17, 15) is 9.59 Å². The van der Waals surface area contributed by atoms with Crippen molar-refractivity contribution in [3.05, 3.63) is 12.3 Å². The molecule has 4 nitrogen and oxygen atoms in total. The number of hydrogen-bond donors (Lipinski definition) is 2. The van der Waals surface area contributed by atoms with E-state index in [0.29, 0.717) is 6.29 Å². The number of rotatable bonds is 4. The Kier molecular flexibility index (Phi) is 3.17. The second-order valence-corrected chi connectivity index (χ2v) is 1.85. The van der Waals surface area contributed by atoms with E-state index in [1.165, 1.54) is 6.92 Å². The average Bonchev–Trinajstić information content (AvgIpc) is 1.87. The summed E-state index contributed by atoms with van der Waals surface area (Å²) in [6.45, 7) is 4.68. The fraction of sp³-hybridized carbons (Fsp3) is 0.333. The van der Waals surface area contributed by atoms with Crippen molar-refractivity contribution in [1.82, 2.24) is 5.32 Å². The van der Waals surface area contributed by atoms with Crippen LogP contribution in [0, 0.1) is 0 Å². The number of hydrogen-bond acceptors (Lipinski definition) is 3. The summed E-state index contributed by atoms with van der Waals surface area (Å²) in [5.41, 5.74) is 0.0786. The maximum absolute atomic E-state index is 10.1. The summed E-state index contributed by atoms with van der Waals surface area (Å²) in [4.78, 5) is 20.0. The van der Waals surface area contributed by atoms with Gasteiger partial charge in [0.1, 0.15) is 6.04 Å². The van der Waals surface area contributed by atoms with Crippen LogP contribution in [0.3, 0.4) is 0 Å². The Morgan fingerprint density at radius 2 is 2.30 bits per heavy atom. The number of aldehydes is 1. The van der Waals surface area contributed by atoms with Crippen molar-refractivity contribution in [2.75, 3.05) is 0 Å². The van der Waals surface area contributed by atoms with E-state index < -0.39 is 12.0 Å². The maximum atomic E-state index is 10.1. The minimum Gasteiger partial charge on any atom is -0.480 e. The molecule has 0 aliphatic rings. The molecule has 0 aliphatic carbocycles. The van der Waals surface area contributed by atoms with Crippen LogP contribution in [-0.2, 0) is 9.59 Å². The van der Waals surface area contributed by atoms with Gasteiger partial charge in [-0.15, -0.1) is 0 Å². The van der Waals surface area contributed by atoms with E-state index in [1.54, 1.807) is 0 Å². The van der Waals surface area contributed by atoms with Gasteiger partial charge in [0.05, 0.1) is 5.70 Å². The molecule has 0 saturated heterocycles. The molecular weight excluding hydrogens is 134 g/mol. The largest absolute Gasteiger partial charge is 0.480 e. The normalized spacial score (nSPS) is 11.7. The van der Waals surface area contributed by atoms with Crippen molar-refractivity contribution >= 4 is 12.3 Å². The molecule has 0 aromatic rings. The Morgan fingerprint density at radius 1 is 1.80 bits per heavy atom. The van der Waals surface area contributed by atoms with Gasteiger partial charge in [-0.25, -0.2) is 0 Å². The Hall–Kier alpha value is -1.32. The molecule has 0 aromatic heterocycles. The molecule has 0 fully saturated rings. The molecule has 0 rings (SSSR count). The topological polar surface area (TPSA) is 66.4 Å². The fourth-order valence-corrected chi connectivity index (χ4v) is 0.374. The van der Waals surface area contributed by atoms with Crippen molar-refractivity contribution in [2.45, 2.75) is 13.0 Å². The fourth-order valence-electron chi connectivity index (χ4n) is 0.374. The summed E-state index contributed by atoms with van der Waals surface area (Å²) < 4.78 is 0. The monoisotopic (exact) mass is 143 g/mol. The lowest BCUT2D eigenvalue weighted by atomic mass is 10.3. The summed E-state index contributed by atoms with van der Waals surface area (Å²) in [6, 6.07) is -0.766. The van der Waals surface area contributed by atoms with E-state index in [1.807, 2.05) is 0 Å². The van der Waals surface area contributed by atoms with Crippen molar-refractivity contribution < 1.29 is 14.7 Å². The number of carboxylic acid groups (broad SMARTS) is 1. The van der Waals surface area contributed by atoms with Crippen LogP contribution in [0.4, 0.5) is 0 Å². The minimum absolute atomic E-state index is 0.0786. The predicted octanol–water partition coefficient (Wildman–Crippen LogP) is -0.238. The lowest BCUT2D eigenvalue weighted by Gasteiger charge is -2.07. The van der Waals surface area contributed by atoms with Crippen molar-refractivity contribution in [2.24, 2.45) is 0 Å². The molecule has 0 aromatic carbocycles. The van der Waals surface area contributed by atoms with Crippen LogP contribution in [0.25, 0.3) is 0 Å². The van der Waals surface area contributed by atoms with Crippen molar-refractivity contribution in [3.63, 3.8) is 0 Å². The van der Waals surface area contributed by atoms with Crippen molar-refractivity contribution in [1.29, 1.82) is 0 Å². The quantitative estimate of drug-likeness (QED) is 0.421. The Balaban J connectivity index is 3.79. The van der Waals surface area contributed by atoms with Crippen LogP contribution >= 0.6 is 0 Å². The first kappa shape index (κ1) is 8.68. The first-order valence-corrected chi connectivity index (χ1v) is 2.71. The van der Waals surface area contributed by atoms with E-state index in [-0.39, 0.29) is 5.70 Å². The first-order chi connectivity index (χ1) is 4.57. The number of carbonyl (C=O) groups excluding carboxylic acids is 1. The highest BCUT2D eigenvalue weighted by Gasteiger charge is 2.09. The molecule has 1 atom stereocenters. The Bertz CT molecular complexity index is 164. The number of carbonyl (C=O) groups is 2. The van der Waals surface area contributed by atoms with Crippen LogP contribution in [-0.4, -0.2) is 23.4 Å². The highest BCUT2D eigenvalue weighted by molar-refractivity contribution is 5.77. The van der Waals surface area contributed by atoms with Gasteiger partial charge in [0.15, 0.2) is 6.29 Å². The zero-order valence-corrected chi connectivity index (χ0v) is 5.63. The van der Waals surface area contributed by atoms with E-state index in [0.717, 1.165) is 0 Å². The molecule has 4 heteroatoms. The van der Waals surface area contributed by atoms with Gasteiger partial charge >= 0.3 is 5.97 Å². The van der Waals surface area contributed by atoms with Gasteiger partial charge < -0.3 is 10.4 Å². The summed E-state index contributed by atoms with van der Waals surface area (Å²) in [5, 5.41) is 10.7. The molecule has 1 unspecified atom stereocenters. The number of nitrogens with one attached hydrogen (secondary N) is 1. The van der Waals surface area contributed by atoms with Crippen LogP contribution < -0.4 is 5.32 Å². The number of allylic oxidation sites excluding steroid dienone is 1. The molecule has 10 heavy (non-hydrogen) atoms. The van der Waals surface area contributed by atoms with Gasteiger partial charge in [0.25, 0.3) is 0 Å². The van der Waals surface area contributed by atoms with Crippen molar-refractivity contribution in [3.8, 4) is 0 Å². The molecule has 0 amide bonds. The minimum atomic E-state index is -1.01. The molecular formula is C6H9NO3. The third kappa shape index (κ3) is 2.86. The molecule has 0 bridgehead atoms. The molecule has 0 saturated carbocycles. The zero-order valence-electron chi connectivity index (χ0n) is 5.63. The third-order valence-corrected chi connectivity index (χ3v) is 0.915. The Labute approximate surface area is 58.5 Å². The zero-order chi connectivity index (χ0) is 8.15. The highest BCUT2D eigenvalue weighted by atomic mass is 16.4. The third-order valence-electron chi connectivity index (χ3n) is 0.915. The SMILES string of the molecule is C=C(C=O)NC(C)C(=O)O. The van der Waals surface area contributed by atoms with Gasteiger partial charge in [-0.1, -0.05) is 6.58 Å². The summed E-state index contributed by atoms with van der Waals surface area (Å²) in [5.74, 6) is -1.01. The summed E-state index contributed by atoms with van der Waals surface area (Å²) in [6.07, 6.45) is 0.472. The van der Waals surface area contributed by atoms with E-state index >= 15 is 0 Å². The smallest absolute Gasteiger partial charge is 0.325 e. The van der Waals surface area contributed by atoms with Crippen LogP contribution in [0.2, 0.25) is 0 Å². The van der Waals surface area contributed by atoms with E-state index in [4.69, 9.17) is 5.11 Å². The standard InChI is InChI=1S/C6H9NO3/c1-4(3-8)7-5(2)6(9)10/h3,5,7H,1H2,2H3,(H,9,10). The second kappa shape index (κ2) is 3.66. The lowest BCUT2D eigenvalue weighted by molar-refractivity contribution is -0.138. The first-order valence-electron chi connectivity index (χ1n) is 2.71. The van der Waals surface area contributed by atoms with Crippen LogP contribution in [0.15, 0.2) is 12.3 Å². The maximum Gasteiger partial charge on any atom is 0.325 e. The lowest BCUT2D eigenvalue weighted by Crippen LogP contribution is -2.33. The molecule has 0 spiro atoms. The van der Waals surface area contributed by atoms with Crippen LogP contribution in [0.1, 0.15) is 6.92 Å². The molecule has 2 N–H and O–H groups in total. The van der Waals surface area contributed by atoms with Gasteiger partial charge in [-0.2, -0.15) is 0 Å². The molecule has 0 radical (unpaired) electrons. The van der Waals surface area contributed by atoms with Gasteiger partial charge in [0.2, 0.25) is 0 Å². The van der Waals surface area contributed by atoms with Gasteiger partial charge in [0, 0.05) is 0 Å². The molecule has 0 aliphatic heterocycles. The van der Waals surface area contributed by atoms with Gasteiger partial charge in [-0.05, 0) is 6.92 Å². The summed E-state index contributed by atoms with van der Waals surface area (Å²) in [7, 11) is 0. The number of aliphatic carboxylic acids is 1. The highest BCUT2D eigenvalue weighted by Crippen LogP contribution is 1.84. The predicted molar refractivity (Wildman–Crippen MR) is 35.4 cm³/mol.